The molecule has 0 aliphatic carbocycles. The fourth-order valence-electron chi connectivity index (χ4n) is 1.30. The predicted octanol–water partition coefficient (Wildman–Crippen LogP) is 3.94. The maximum Gasteiger partial charge on any atom is 0.307 e. The fraction of sp³-hybridized carbons (Fsp3) is 0.667. The van der Waals surface area contributed by atoms with Crippen LogP contribution < -0.4 is 4.72 Å². The number of carbonyl (C=O) groups excluding carboxylic acids is 1. The number of nitrogens with one attached hydrogen (secondary N) is 1. The van der Waals surface area contributed by atoms with Crippen molar-refractivity contribution < 1.29 is 9.53 Å². The molecule has 1 aromatic heterocycles. The van der Waals surface area contributed by atoms with Gasteiger partial charge in [-0.2, -0.15) is 0 Å². The summed E-state index contributed by atoms with van der Waals surface area (Å²) < 4.78 is 9.35. The van der Waals surface area contributed by atoms with E-state index in [9.17, 15) is 4.79 Å². The van der Waals surface area contributed by atoms with E-state index < -0.39 is 0 Å². The normalized spacial score (nSPS) is 13.3. The Hall–Kier alpha value is -0.110. The molecule has 0 amide bonds. The first-order chi connectivity index (χ1) is 8.83. The van der Waals surface area contributed by atoms with Crippen molar-refractivity contribution in [3.63, 3.8) is 0 Å². The second-order valence-corrected chi connectivity index (χ2v) is 8.74. The number of aromatic nitrogens is 1. The van der Waals surface area contributed by atoms with E-state index in [0.29, 0.717) is 6.61 Å². The lowest BCUT2D eigenvalue weighted by Gasteiger charge is -2.23. The third-order valence-corrected chi connectivity index (χ3v) is 4.67. The lowest BCUT2D eigenvalue weighted by Crippen LogP contribution is -2.25. The van der Waals surface area contributed by atoms with Crippen molar-refractivity contribution in [3.8, 4) is 0 Å². The number of ether oxygens (including phenoxy) is 1. The summed E-state index contributed by atoms with van der Waals surface area (Å²) in [6.45, 7) is 8.55. The SMILES string of the molecule is CCOC(=O)C[C@@H](NSC(C)(C)C)c1ncsc1Br. The molecule has 0 saturated carbocycles. The largest absolute Gasteiger partial charge is 0.466 e. The average molecular weight is 367 g/mol. The van der Waals surface area contributed by atoms with Gasteiger partial charge in [0.1, 0.15) is 0 Å². The van der Waals surface area contributed by atoms with Gasteiger partial charge in [-0.05, 0) is 43.6 Å². The molecule has 0 unspecified atom stereocenters. The highest BCUT2D eigenvalue weighted by molar-refractivity contribution is 9.11. The number of esters is 1. The average Bonchev–Trinajstić information content (AvgIpc) is 2.70. The Bertz CT molecular complexity index is 418. The van der Waals surface area contributed by atoms with Crippen LogP contribution in [-0.2, 0) is 9.53 Å². The monoisotopic (exact) mass is 366 g/mol. The molecule has 1 heterocycles. The lowest BCUT2D eigenvalue weighted by atomic mass is 10.2. The molecule has 1 N–H and O–H groups in total. The van der Waals surface area contributed by atoms with Crippen LogP contribution in [0.4, 0.5) is 0 Å². The minimum atomic E-state index is -0.214. The van der Waals surface area contributed by atoms with Crippen molar-refractivity contribution in [2.45, 2.75) is 44.9 Å². The van der Waals surface area contributed by atoms with Crippen molar-refractivity contribution in [2.75, 3.05) is 6.61 Å². The van der Waals surface area contributed by atoms with Crippen molar-refractivity contribution in [1.29, 1.82) is 0 Å². The van der Waals surface area contributed by atoms with Crippen LogP contribution in [-0.4, -0.2) is 22.3 Å². The van der Waals surface area contributed by atoms with Gasteiger partial charge in [-0.1, -0.05) is 11.9 Å². The molecule has 1 rings (SSSR count). The quantitative estimate of drug-likeness (QED) is 0.610. The van der Waals surface area contributed by atoms with E-state index in [1.54, 1.807) is 17.5 Å². The van der Waals surface area contributed by atoms with Gasteiger partial charge in [0.15, 0.2) is 0 Å². The van der Waals surface area contributed by atoms with Gasteiger partial charge in [0, 0.05) is 4.75 Å². The summed E-state index contributed by atoms with van der Waals surface area (Å²) in [5.74, 6) is -0.214. The number of hydrogen-bond acceptors (Lipinski definition) is 6. The Balaban J connectivity index is 2.74. The van der Waals surface area contributed by atoms with E-state index in [-0.39, 0.29) is 23.2 Å². The van der Waals surface area contributed by atoms with Crippen LogP contribution in [0, 0.1) is 0 Å². The van der Waals surface area contributed by atoms with Crippen LogP contribution in [0.5, 0.6) is 0 Å². The molecule has 0 fully saturated rings. The summed E-state index contributed by atoms with van der Waals surface area (Å²) in [5, 5.41) is 0. The zero-order chi connectivity index (χ0) is 14.5. The van der Waals surface area contributed by atoms with Gasteiger partial charge in [0.25, 0.3) is 0 Å². The summed E-state index contributed by atoms with van der Waals surface area (Å²) in [4.78, 5) is 16.0. The molecule has 19 heavy (non-hydrogen) atoms. The van der Waals surface area contributed by atoms with E-state index in [1.807, 2.05) is 6.92 Å². The second-order valence-electron chi connectivity index (χ2n) is 4.91. The highest BCUT2D eigenvalue weighted by Gasteiger charge is 2.23. The maximum atomic E-state index is 11.7. The minimum absolute atomic E-state index is 0.0649. The summed E-state index contributed by atoms with van der Waals surface area (Å²) in [6.07, 6.45) is 0.277. The molecule has 7 heteroatoms. The Morgan fingerprint density at radius 2 is 2.32 bits per heavy atom. The first-order valence-corrected chi connectivity index (χ1v) is 8.50. The molecule has 0 aliphatic heterocycles. The van der Waals surface area contributed by atoms with Gasteiger partial charge in [0.2, 0.25) is 0 Å². The van der Waals surface area contributed by atoms with Crippen LogP contribution in [0.2, 0.25) is 0 Å². The van der Waals surface area contributed by atoms with E-state index in [4.69, 9.17) is 4.74 Å². The summed E-state index contributed by atoms with van der Waals surface area (Å²) in [6, 6.07) is -0.149. The summed E-state index contributed by atoms with van der Waals surface area (Å²) in [7, 11) is 0. The maximum absolute atomic E-state index is 11.7. The number of halogens is 1. The Kier molecular flexibility index (Phi) is 6.79. The van der Waals surface area contributed by atoms with E-state index in [0.717, 1.165) is 9.48 Å². The zero-order valence-corrected chi connectivity index (χ0v) is 14.7. The standard InChI is InChI=1S/C12H19BrN2O2S2/c1-5-17-9(16)6-8(15-19-12(2,3)4)10-11(13)18-7-14-10/h7-8,15H,5-6H2,1-4H3/t8-/m1/s1. The van der Waals surface area contributed by atoms with Gasteiger partial charge in [-0.3, -0.25) is 9.52 Å². The molecule has 1 aromatic rings. The Morgan fingerprint density at radius 1 is 1.63 bits per heavy atom. The molecule has 0 radical (unpaired) electrons. The van der Waals surface area contributed by atoms with E-state index in [1.165, 1.54) is 11.3 Å². The molecule has 0 saturated heterocycles. The molecule has 0 spiro atoms. The van der Waals surface area contributed by atoms with Crippen molar-refractivity contribution in [1.82, 2.24) is 9.71 Å². The van der Waals surface area contributed by atoms with Crippen LogP contribution >= 0.6 is 39.2 Å². The van der Waals surface area contributed by atoms with Crippen LogP contribution in [0.15, 0.2) is 9.30 Å². The minimum Gasteiger partial charge on any atom is -0.466 e. The molecular weight excluding hydrogens is 348 g/mol. The molecule has 0 bridgehead atoms. The number of hydrogen-bond donors (Lipinski definition) is 1. The molecular formula is C12H19BrN2O2S2. The van der Waals surface area contributed by atoms with Gasteiger partial charge < -0.3 is 4.74 Å². The highest BCUT2D eigenvalue weighted by Crippen LogP contribution is 2.31. The fourth-order valence-corrected chi connectivity index (χ4v) is 3.19. The highest BCUT2D eigenvalue weighted by atomic mass is 79.9. The molecule has 4 nitrogen and oxygen atoms in total. The van der Waals surface area contributed by atoms with Crippen molar-refractivity contribution in [3.05, 3.63) is 15.0 Å². The van der Waals surface area contributed by atoms with E-state index >= 15 is 0 Å². The topological polar surface area (TPSA) is 51.2 Å². The Morgan fingerprint density at radius 3 is 2.79 bits per heavy atom. The third-order valence-electron chi connectivity index (χ3n) is 2.06. The van der Waals surface area contributed by atoms with Gasteiger partial charge >= 0.3 is 5.97 Å². The number of rotatable bonds is 6. The molecule has 1 atom stereocenters. The number of thiazole rings is 1. The van der Waals surface area contributed by atoms with E-state index in [2.05, 4.69) is 46.4 Å². The third kappa shape index (κ3) is 6.25. The zero-order valence-electron chi connectivity index (χ0n) is 11.5. The smallest absolute Gasteiger partial charge is 0.307 e. The summed E-state index contributed by atoms with van der Waals surface area (Å²) in [5.41, 5.74) is 2.62. The first-order valence-electron chi connectivity index (χ1n) is 6.01. The van der Waals surface area contributed by atoms with Crippen LogP contribution in [0.25, 0.3) is 0 Å². The molecule has 108 valence electrons. The Labute approximate surface area is 131 Å². The predicted molar refractivity (Wildman–Crippen MR) is 84.3 cm³/mol. The number of carbonyl (C=O) groups is 1. The van der Waals surface area contributed by atoms with Gasteiger partial charge in [0.05, 0.1) is 34.1 Å². The molecule has 0 aliphatic rings. The first kappa shape index (κ1) is 16.9. The number of nitrogens with zero attached hydrogens (tertiary/aromatic N) is 1. The molecule has 0 aromatic carbocycles. The lowest BCUT2D eigenvalue weighted by molar-refractivity contribution is -0.143. The van der Waals surface area contributed by atoms with Gasteiger partial charge in [-0.25, -0.2) is 4.98 Å². The summed E-state index contributed by atoms with van der Waals surface area (Å²) >= 11 is 6.58. The van der Waals surface area contributed by atoms with Crippen molar-refractivity contribution in [2.24, 2.45) is 0 Å². The van der Waals surface area contributed by atoms with Crippen molar-refractivity contribution >= 4 is 45.2 Å². The van der Waals surface area contributed by atoms with Crippen LogP contribution in [0.3, 0.4) is 0 Å². The second kappa shape index (κ2) is 7.61. The van der Waals surface area contributed by atoms with Gasteiger partial charge in [-0.15, -0.1) is 11.3 Å². The van der Waals surface area contributed by atoms with Crippen LogP contribution in [0.1, 0.15) is 45.9 Å².